The summed E-state index contributed by atoms with van der Waals surface area (Å²) >= 11 is 0. The smallest absolute Gasteiger partial charge is 0.270 e. The van der Waals surface area contributed by atoms with Crippen molar-refractivity contribution in [2.24, 2.45) is 0 Å². The lowest BCUT2D eigenvalue weighted by Gasteiger charge is -1.97. The number of benzene rings is 1. The maximum absolute atomic E-state index is 11.5. The first-order valence-electron chi connectivity index (χ1n) is 4.28. The first-order valence-corrected chi connectivity index (χ1v) is 4.28. The van der Waals surface area contributed by atoms with Crippen LogP contribution in [0.2, 0.25) is 0 Å². The van der Waals surface area contributed by atoms with Gasteiger partial charge in [0.05, 0.1) is 4.92 Å². The Morgan fingerprint density at radius 2 is 2.00 bits per heavy atom. The molecular weight excluding hydrogens is 214 g/mol. The third kappa shape index (κ3) is 1.20. The van der Waals surface area contributed by atoms with Gasteiger partial charge in [0.1, 0.15) is 11.3 Å². The Bertz CT molecular complexity index is 558. The van der Waals surface area contributed by atoms with E-state index in [4.69, 9.17) is 0 Å². The quantitative estimate of drug-likeness (QED) is 0.349. The fourth-order valence-electron chi connectivity index (χ4n) is 1.55. The first-order chi connectivity index (χ1) is 7.56. The first kappa shape index (κ1) is 10.0. The van der Waals surface area contributed by atoms with E-state index in [1.807, 2.05) is 0 Å². The number of allylic oxidation sites excluding steroid dienone is 1. The normalized spacial score (nSPS) is 13.9. The van der Waals surface area contributed by atoms with E-state index in [0.29, 0.717) is 0 Å². The number of hydrogen-bond donors (Lipinski definition) is 1. The number of nitrogens with zero attached hydrogens (tertiary/aromatic N) is 1. The lowest BCUT2D eigenvalue weighted by molar-refractivity contribution is -0.384. The van der Waals surface area contributed by atoms with Crippen LogP contribution in [0.25, 0.3) is 5.76 Å². The van der Waals surface area contributed by atoms with Crippen LogP contribution in [0.3, 0.4) is 0 Å². The standard InChI is InChI=1S/C10H5NO5/c12-4-8-9(13)6-2-1-5(11(15)16)3-7(6)10(8)14/h1-4,14H. The van der Waals surface area contributed by atoms with Gasteiger partial charge in [-0.15, -0.1) is 0 Å². The summed E-state index contributed by atoms with van der Waals surface area (Å²) in [5.41, 5.74) is -0.479. The fraction of sp³-hybridized carbons (Fsp3) is 0. The monoisotopic (exact) mass is 219 g/mol. The maximum atomic E-state index is 11.5. The summed E-state index contributed by atoms with van der Waals surface area (Å²) in [6.45, 7) is 0. The van der Waals surface area contributed by atoms with Crippen molar-refractivity contribution in [3.05, 3.63) is 45.0 Å². The third-order valence-electron chi connectivity index (χ3n) is 2.33. The second-order valence-corrected chi connectivity index (χ2v) is 3.20. The SMILES string of the molecule is O=CC1=C(O)c2cc([N+](=O)[O-])ccc2C1=O. The Morgan fingerprint density at radius 1 is 1.31 bits per heavy atom. The van der Waals surface area contributed by atoms with Crippen molar-refractivity contribution in [3.8, 4) is 0 Å². The molecule has 0 bridgehead atoms. The van der Waals surface area contributed by atoms with E-state index in [1.165, 1.54) is 6.07 Å². The minimum Gasteiger partial charge on any atom is -0.506 e. The predicted octanol–water partition coefficient (Wildman–Crippen LogP) is 1.26. The Hall–Kier alpha value is -2.50. The van der Waals surface area contributed by atoms with Crippen molar-refractivity contribution < 1.29 is 19.6 Å². The van der Waals surface area contributed by atoms with Crippen molar-refractivity contribution in [1.29, 1.82) is 0 Å². The number of rotatable bonds is 2. The molecule has 0 aromatic heterocycles. The molecule has 1 aliphatic rings. The van der Waals surface area contributed by atoms with E-state index in [-0.39, 0.29) is 28.7 Å². The van der Waals surface area contributed by atoms with Crippen LogP contribution in [0, 0.1) is 10.1 Å². The number of nitro groups is 1. The molecule has 0 unspecified atom stereocenters. The van der Waals surface area contributed by atoms with Gasteiger partial charge in [0.15, 0.2) is 6.29 Å². The molecule has 0 heterocycles. The molecule has 6 nitrogen and oxygen atoms in total. The zero-order chi connectivity index (χ0) is 11.9. The molecule has 0 radical (unpaired) electrons. The van der Waals surface area contributed by atoms with Crippen LogP contribution in [0.4, 0.5) is 5.69 Å². The minimum atomic E-state index is -0.642. The maximum Gasteiger partial charge on any atom is 0.270 e. The highest BCUT2D eigenvalue weighted by Crippen LogP contribution is 2.32. The summed E-state index contributed by atoms with van der Waals surface area (Å²) in [7, 11) is 0. The molecule has 0 fully saturated rings. The van der Waals surface area contributed by atoms with Crippen LogP contribution >= 0.6 is 0 Å². The summed E-state index contributed by atoms with van der Waals surface area (Å²) in [6, 6.07) is 3.44. The average Bonchev–Trinajstić information content (AvgIpc) is 2.51. The van der Waals surface area contributed by atoms with Crippen LogP contribution in [0.1, 0.15) is 15.9 Å². The van der Waals surface area contributed by atoms with Crippen LogP contribution in [0.15, 0.2) is 23.8 Å². The van der Waals surface area contributed by atoms with Crippen LogP contribution in [0.5, 0.6) is 0 Å². The molecule has 0 saturated heterocycles. The van der Waals surface area contributed by atoms with Crippen LogP contribution < -0.4 is 0 Å². The van der Waals surface area contributed by atoms with E-state index in [1.54, 1.807) is 0 Å². The molecule has 0 amide bonds. The molecule has 16 heavy (non-hydrogen) atoms. The Kier molecular flexibility index (Phi) is 2.05. The zero-order valence-electron chi connectivity index (χ0n) is 7.84. The van der Waals surface area contributed by atoms with Gasteiger partial charge in [-0.05, 0) is 6.07 Å². The van der Waals surface area contributed by atoms with Gasteiger partial charge in [0.2, 0.25) is 5.78 Å². The summed E-state index contributed by atoms with van der Waals surface area (Å²) < 4.78 is 0. The number of non-ortho nitro benzene ring substituents is 1. The number of carbonyl (C=O) groups excluding carboxylic acids is 2. The van der Waals surface area contributed by atoms with E-state index in [2.05, 4.69) is 0 Å². The second-order valence-electron chi connectivity index (χ2n) is 3.20. The summed E-state index contributed by atoms with van der Waals surface area (Å²) in [5, 5.41) is 20.0. The number of aliphatic hydroxyl groups excluding tert-OH is 1. The molecule has 80 valence electrons. The fourth-order valence-corrected chi connectivity index (χ4v) is 1.55. The van der Waals surface area contributed by atoms with Crippen molar-refractivity contribution in [2.75, 3.05) is 0 Å². The molecule has 0 aliphatic heterocycles. The number of carbonyl (C=O) groups is 2. The van der Waals surface area contributed by atoms with Gasteiger partial charge < -0.3 is 5.11 Å². The molecule has 1 aromatic rings. The van der Waals surface area contributed by atoms with Gasteiger partial charge in [-0.2, -0.15) is 0 Å². The largest absolute Gasteiger partial charge is 0.506 e. The molecule has 0 atom stereocenters. The van der Waals surface area contributed by atoms with E-state index in [0.717, 1.165) is 12.1 Å². The zero-order valence-corrected chi connectivity index (χ0v) is 7.84. The number of nitro benzene ring substituents is 1. The highest BCUT2D eigenvalue weighted by Gasteiger charge is 2.30. The number of aldehydes is 1. The molecule has 1 aliphatic carbocycles. The minimum absolute atomic E-state index is 0.0290. The lowest BCUT2D eigenvalue weighted by atomic mass is 10.1. The molecule has 2 rings (SSSR count). The summed E-state index contributed by atoms with van der Waals surface area (Å²) in [5.74, 6) is -1.11. The Labute approximate surface area is 89.0 Å². The third-order valence-corrected chi connectivity index (χ3v) is 2.33. The summed E-state index contributed by atoms with van der Waals surface area (Å²) in [4.78, 5) is 31.9. The molecule has 1 aromatic carbocycles. The topological polar surface area (TPSA) is 97.5 Å². The van der Waals surface area contributed by atoms with Gasteiger partial charge in [-0.3, -0.25) is 19.7 Å². The van der Waals surface area contributed by atoms with Crippen molar-refractivity contribution >= 4 is 23.5 Å². The summed E-state index contributed by atoms with van der Waals surface area (Å²) in [6.07, 6.45) is 0.240. The van der Waals surface area contributed by atoms with Crippen molar-refractivity contribution in [3.63, 3.8) is 0 Å². The Balaban J connectivity index is 2.66. The predicted molar refractivity (Wildman–Crippen MR) is 53.0 cm³/mol. The number of Topliss-reactive ketones (excluding diaryl/α,β-unsaturated/α-hetero) is 1. The molecule has 1 N–H and O–H groups in total. The number of aliphatic hydroxyl groups is 1. The molecule has 6 heteroatoms. The number of ketones is 1. The van der Waals surface area contributed by atoms with Gasteiger partial charge in [0, 0.05) is 23.3 Å². The lowest BCUT2D eigenvalue weighted by Crippen LogP contribution is -1.99. The highest BCUT2D eigenvalue weighted by molar-refractivity contribution is 6.29. The Morgan fingerprint density at radius 3 is 2.56 bits per heavy atom. The van der Waals surface area contributed by atoms with E-state index >= 15 is 0 Å². The number of hydrogen-bond acceptors (Lipinski definition) is 5. The van der Waals surface area contributed by atoms with Crippen LogP contribution in [-0.2, 0) is 4.79 Å². The van der Waals surface area contributed by atoms with Gasteiger partial charge in [-0.1, -0.05) is 0 Å². The average molecular weight is 219 g/mol. The van der Waals surface area contributed by atoms with E-state index < -0.39 is 16.5 Å². The van der Waals surface area contributed by atoms with Gasteiger partial charge in [0.25, 0.3) is 5.69 Å². The van der Waals surface area contributed by atoms with Crippen molar-refractivity contribution in [1.82, 2.24) is 0 Å². The van der Waals surface area contributed by atoms with Gasteiger partial charge >= 0.3 is 0 Å². The number of fused-ring (bicyclic) bond motifs is 1. The van der Waals surface area contributed by atoms with E-state index in [9.17, 15) is 24.8 Å². The van der Waals surface area contributed by atoms with Crippen LogP contribution in [-0.4, -0.2) is 22.1 Å². The molecular formula is C10H5NO5. The van der Waals surface area contributed by atoms with Crippen molar-refractivity contribution in [2.45, 2.75) is 0 Å². The highest BCUT2D eigenvalue weighted by atomic mass is 16.6. The van der Waals surface area contributed by atoms with Gasteiger partial charge in [-0.25, -0.2) is 0 Å². The molecule has 0 saturated carbocycles. The second kappa shape index (κ2) is 3.27. The molecule has 0 spiro atoms.